The van der Waals surface area contributed by atoms with Gasteiger partial charge >= 0.3 is 12.1 Å². The Morgan fingerprint density at radius 2 is 2.14 bits per heavy atom. The second-order valence-electron chi connectivity index (χ2n) is 5.92. The molecule has 1 amide bonds. The van der Waals surface area contributed by atoms with E-state index in [1.807, 2.05) is 26.8 Å². The van der Waals surface area contributed by atoms with E-state index in [0.717, 1.165) is 22.9 Å². The molecule has 1 aromatic rings. The zero-order valence-electron chi connectivity index (χ0n) is 12.4. The number of hydrogen-bond acceptors (Lipinski definition) is 4. The molecule has 0 saturated carbocycles. The van der Waals surface area contributed by atoms with Gasteiger partial charge in [0.05, 0.1) is 6.54 Å². The molecule has 114 valence electrons. The maximum absolute atomic E-state index is 12.1. The van der Waals surface area contributed by atoms with Crippen LogP contribution < -0.4 is 0 Å². The summed E-state index contributed by atoms with van der Waals surface area (Å²) in [5.41, 5.74) is 0.573. The molecule has 0 saturated heterocycles. The number of amides is 1. The van der Waals surface area contributed by atoms with Gasteiger partial charge in [0.1, 0.15) is 5.60 Å². The maximum Gasteiger partial charge on any atom is 0.410 e. The molecule has 0 unspecified atom stereocenters. The van der Waals surface area contributed by atoms with Crippen molar-refractivity contribution >= 4 is 29.5 Å². The molecule has 0 radical (unpaired) electrons. The number of carbonyl (C=O) groups is 2. The average Bonchev–Trinajstić information content (AvgIpc) is 2.75. The Hall–Kier alpha value is -1.82. The molecule has 0 atom stereocenters. The van der Waals surface area contributed by atoms with Crippen LogP contribution in [0.5, 0.6) is 0 Å². The van der Waals surface area contributed by atoms with E-state index < -0.39 is 11.6 Å². The molecule has 0 spiro atoms. The largest absolute Gasteiger partial charge is 0.478 e. The number of aliphatic carboxylic acids is 1. The van der Waals surface area contributed by atoms with Crippen molar-refractivity contribution in [1.29, 1.82) is 0 Å². The van der Waals surface area contributed by atoms with E-state index in [1.165, 1.54) is 4.88 Å². The fourth-order valence-corrected chi connectivity index (χ4v) is 3.14. The van der Waals surface area contributed by atoms with Crippen LogP contribution in [0, 0.1) is 0 Å². The van der Waals surface area contributed by atoms with Crippen molar-refractivity contribution < 1.29 is 19.4 Å². The summed E-state index contributed by atoms with van der Waals surface area (Å²) in [5.74, 6) is -0.961. The highest BCUT2D eigenvalue weighted by molar-refractivity contribution is 7.13. The predicted octanol–water partition coefficient (Wildman–Crippen LogP) is 3.14. The van der Waals surface area contributed by atoms with Crippen molar-refractivity contribution in [2.75, 3.05) is 6.54 Å². The molecule has 0 fully saturated rings. The lowest BCUT2D eigenvalue weighted by Gasteiger charge is -2.29. The summed E-state index contributed by atoms with van der Waals surface area (Å²) in [5, 5.41) is 8.65. The minimum absolute atomic E-state index is 0.304. The Balaban J connectivity index is 2.07. The van der Waals surface area contributed by atoms with Gasteiger partial charge in [0.2, 0.25) is 0 Å². The van der Waals surface area contributed by atoms with Crippen molar-refractivity contribution in [3.8, 4) is 0 Å². The van der Waals surface area contributed by atoms with E-state index in [0.29, 0.717) is 13.1 Å². The second kappa shape index (κ2) is 5.89. The van der Waals surface area contributed by atoms with Crippen LogP contribution in [-0.4, -0.2) is 34.2 Å². The number of rotatable bonds is 2. The monoisotopic (exact) mass is 309 g/mol. The smallest absolute Gasteiger partial charge is 0.410 e. The molecule has 0 bridgehead atoms. The summed E-state index contributed by atoms with van der Waals surface area (Å²) in [6.07, 6.45) is 3.19. The zero-order valence-corrected chi connectivity index (χ0v) is 13.2. The van der Waals surface area contributed by atoms with E-state index in [1.54, 1.807) is 22.3 Å². The Bertz CT molecular complexity index is 583. The van der Waals surface area contributed by atoms with Gasteiger partial charge in [-0.05, 0) is 44.9 Å². The summed E-state index contributed by atoms with van der Waals surface area (Å²) < 4.78 is 5.38. The van der Waals surface area contributed by atoms with Crippen LogP contribution in [0.15, 0.2) is 12.1 Å². The molecular formula is C15H19NO4S. The van der Waals surface area contributed by atoms with Crippen LogP contribution in [0.4, 0.5) is 4.79 Å². The van der Waals surface area contributed by atoms with Gasteiger partial charge in [-0.15, -0.1) is 11.3 Å². The SMILES string of the molecule is CC(C)(C)OC(=O)N1CCc2sc(/C=C/C(=O)O)cc2C1. The molecule has 6 heteroatoms. The first-order valence-electron chi connectivity index (χ1n) is 6.75. The van der Waals surface area contributed by atoms with Crippen molar-refractivity contribution in [2.45, 2.75) is 39.3 Å². The van der Waals surface area contributed by atoms with Crippen LogP contribution in [0.2, 0.25) is 0 Å². The molecule has 0 aromatic carbocycles. The standard InChI is InChI=1S/C15H19NO4S/c1-15(2,3)20-14(19)16-7-6-12-10(9-16)8-11(21-12)4-5-13(17)18/h4-5,8H,6-7,9H2,1-3H3,(H,17,18)/b5-4+. The minimum Gasteiger partial charge on any atom is -0.478 e. The molecule has 1 aromatic heterocycles. The van der Waals surface area contributed by atoms with Gasteiger partial charge in [0.15, 0.2) is 0 Å². The molecule has 1 aliphatic rings. The molecule has 5 nitrogen and oxygen atoms in total. The number of hydrogen-bond donors (Lipinski definition) is 1. The van der Waals surface area contributed by atoms with Gasteiger partial charge in [-0.1, -0.05) is 0 Å². The van der Waals surface area contributed by atoms with E-state index in [9.17, 15) is 9.59 Å². The zero-order chi connectivity index (χ0) is 15.6. The van der Waals surface area contributed by atoms with Crippen molar-refractivity contribution in [3.63, 3.8) is 0 Å². The number of fused-ring (bicyclic) bond motifs is 1. The lowest BCUT2D eigenvalue weighted by Crippen LogP contribution is -2.39. The third kappa shape index (κ3) is 4.32. The van der Waals surface area contributed by atoms with E-state index in [-0.39, 0.29) is 6.09 Å². The first kappa shape index (κ1) is 15.6. The average molecular weight is 309 g/mol. The van der Waals surface area contributed by atoms with Gasteiger partial charge < -0.3 is 14.7 Å². The van der Waals surface area contributed by atoms with Crippen molar-refractivity contribution in [2.24, 2.45) is 0 Å². The van der Waals surface area contributed by atoms with Gasteiger partial charge in [-0.2, -0.15) is 0 Å². The molecule has 2 rings (SSSR count). The lowest BCUT2D eigenvalue weighted by atomic mass is 10.1. The highest BCUT2D eigenvalue weighted by Gasteiger charge is 2.26. The summed E-state index contributed by atoms with van der Waals surface area (Å²) in [4.78, 5) is 26.4. The van der Waals surface area contributed by atoms with Crippen LogP contribution in [0.3, 0.4) is 0 Å². The first-order chi connectivity index (χ1) is 9.74. The Kier molecular flexibility index (Phi) is 4.37. The van der Waals surface area contributed by atoms with Gasteiger partial charge in [0.25, 0.3) is 0 Å². The minimum atomic E-state index is -0.961. The number of thiophene rings is 1. The topological polar surface area (TPSA) is 66.8 Å². The van der Waals surface area contributed by atoms with Crippen LogP contribution >= 0.6 is 11.3 Å². The number of carbonyl (C=O) groups excluding carboxylic acids is 1. The fourth-order valence-electron chi connectivity index (χ4n) is 2.07. The lowest BCUT2D eigenvalue weighted by molar-refractivity contribution is -0.131. The third-order valence-corrected chi connectivity index (χ3v) is 4.13. The quantitative estimate of drug-likeness (QED) is 0.852. The van der Waals surface area contributed by atoms with E-state index >= 15 is 0 Å². The number of ether oxygens (including phenoxy) is 1. The van der Waals surface area contributed by atoms with Gasteiger partial charge in [0, 0.05) is 22.4 Å². The summed E-state index contributed by atoms with van der Waals surface area (Å²) >= 11 is 1.58. The summed E-state index contributed by atoms with van der Waals surface area (Å²) in [6, 6.07) is 1.94. The number of carboxylic acids is 1. The predicted molar refractivity (Wildman–Crippen MR) is 81.3 cm³/mol. The number of nitrogens with zero attached hydrogens (tertiary/aromatic N) is 1. The number of carboxylic acid groups (broad SMARTS) is 1. The first-order valence-corrected chi connectivity index (χ1v) is 7.57. The molecule has 0 aliphatic carbocycles. The molecule has 1 aliphatic heterocycles. The third-order valence-electron chi connectivity index (χ3n) is 2.93. The van der Waals surface area contributed by atoms with Crippen LogP contribution in [-0.2, 0) is 22.5 Å². The van der Waals surface area contributed by atoms with Crippen molar-refractivity contribution in [1.82, 2.24) is 4.90 Å². The molecule has 2 heterocycles. The Labute approximate surface area is 127 Å². The summed E-state index contributed by atoms with van der Waals surface area (Å²) in [6.45, 7) is 6.69. The molecule has 21 heavy (non-hydrogen) atoms. The van der Waals surface area contributed by atoms with E-state index in [2.05, 4.69) is 0 Å². The van der Waals surface area contributed by atoms with Crippen LogP contribution in [0.25, 0.3) is 6.08 Å². The molecular weight excluding hydrogens is 290 g/mol. The Morgan fingerprint density at radius 3 is 2.76 bits per heavy atom. The van der Waals surface area contributed by atoms with Gasteiger partial charge in [-0.25, -0.2) is 9.59 Å². The summed E-state index contributed by atoms with van der Waals surface area (Å²) in [7, 11) is 0. The highest BCUT2D eigenvalue weighted by Crippen LogP contribution is 2.29. The van der Waals surface area contributed by atoms with Crippen LogP contribution in [0.1, 0.15) is 36.1 Å². The van der Waals surface area contributed by atoms with Crippen molar-refractivity contribution in [3.05, 3.63) is 27.5 Å². The van der Waals surface area contributed by atoms with E-state index in [4.69, 9.17) is 9.84 Å². The molecule has 1 N–H and O–H groups in total. The highest BCUT2D eigenvalue weighted by atomic mass is 32.1. The maximum atomic E-state index is 12.1. The van der Waals surface area contributed by atoms with Gasteiger partial charge in [-0.3, -0.25) is 0 Å². The Morgan fingerprint density at radius 1 is 1.43 bits per heavy atom. The second-order valence-corrected chi connectivity index (χ2v) is 7.09. The normalized spacial score (nSPS) is 15.1. The fraction of sp³-hybridized carbons (Fsp3) is 0.467.